The van der Waals surface area contributed by atoms with Crippen LogP contribution in [0.3, 0.4) is 0 Å². The lowest BCUT2D eigenvalue weighted by atomic mass is 9.97. The van der Waals surface area contributed by atoms with Gasteiger partial charge in [-0.1, -0.05) is 0 Å². The predicted octanol–water partition coefficient (Wildman–Crippen LogP) is -1.29. The summed E-state index contributed by atoms with van der Waals surface area (Å²) >= 11 is 0. The quantitative estimate of drug-likeness (QED) is 0.464. The van der Waals surface area contributed by atoms with Crippen molar-refractivity contribution >= 4 is 17.7 Å². The third-order valence-electron chi connectivity index (χ3n) is 2.97. The number of nitrogens with one attached hydrogen (secondary N) is 1. The molecule has 0 bridgehead atoms. The van der Waals surface area contributed by atoms with E-state index in [-0.39, 0.29) is 12.5 Å². The van der Waals surface area contributed by atoms with Gasteiger partial charge in [-0.15, -0.1) is 0 Å². The van der Waals surface area contributed by atoms with Crippen molar-refractivity contribution in [3.8, 4) is 6.07 Å². The molecule has 0 unspecified atom stereocenters. The Bertz CT molecular complexity index is 424. The smallest absolute Gasteiger partial charge is 0.312 e. The number of nitriles is 1. The van der Waals surface area contributed by atoms with E-state index < -0.39 is 17.4 Å². The first-order valence-electron chi connectivity index (χ1n) is 5.54. The molecule has 7 nitrogen and oxygen atoms in total. The Morgan fingerprint density at radius 2 is 2.06 bits per heavy atom. The molecule has 1 heterocycles. The van der Waals surface area contributed by atoms with E-state index in [1.54, 1.807) is 27.0 Å². The van der Waals surface area contributed by atoms with E-state index in [0.717, 1.165) is 0 Å². The van der Waals surface area contributed by atoms with Gasteiger partial charge < -0.3 is 15.1 Å². The van der Waals surface area contributed by atoms with Gasteiger partial charge in [0.1, 0.15) is 12.1 Å². The van der Waals surface area contributed by atoms with E-state index in [1.165, 1.54) is 9.80 Å². The highest BCUT2D eigenvalue weighted by Crippen LogP contribution is 2.21. The standard InChI is InChI=1S/C11H16N4O3/c1-11(2)10(18)14(3)6-7-15(11)9(17)8(16)13-5-4-12/h5-7H2,1-3H3,(H,13,16). The van der Waals surface area contributed by atoms with Crippen molar-refractivity contribution < 1.29 is 14.4 Å². The SMILES string of the molecule is CN1CCN(C(=O)C(=O)NCC#N)C(C)(C)C1=O. The number of hydrogen-bond acceptors (Lipinski definition) is 4. The van der Waals surface area contributed by atoms with Gasteiger partial charge in [-0.3, -0.25) is 14.4 Å². The number of piperazine rings is 1. The first-order valence-corrected chi connectivity index (χ1v) is 5.54. The first kappa shape index (κ1) is 14.0. The zero-order chi connectivity index (χ0) is 13.9. The van der Waals surface area contributed by atoms with Crippen molar-refractivity contribution in [2.45, 2.75) is 19.4 Å². The van der Waals surface area contributed by atoms with Gasteiger partial charge in [-0.05, 0) is 13.8 Å². The second-order valence-electron chi connectivity index (χ2n) is 4.58. The summed E-state index contributed by atoms with van der Waals surface area (Å²) in [4.78, 5) is 38.1. The van der Waals surface area contributed by atoms with Crippen LogP contribution in [0, 0.1) is 11.3 Å². The molecule has 0 radical (unpaired) electrons. The maximum absolute atomic E-state index is 11.9. The van der Waals surface area contributed by atoms with E-state index in [0.29, 0.717) is 13.1 Å². The number of hydrogen-bond donors (Lipinski definition) is 1. The summed E-state index contributed by atoms with van der Waals surface area (Å²) in [6.07, 6.45) is 0. The van der Waals surface area contributed by atoms with E-state index in [9.17, 15) is 14.4 Å². The van der Waals surface area contributed by atoms with Gasteiger partial charge in [0, 0.05) is 20.1 Å². The lowest BCUT2D eigenvalue weighted by Gasteiger charge is -2.44. The fourth-order valence-electron chi connectivity index (χ4n) is 1.89. The topological polar surface area (TPSA) is 93.5 Å². The van der Waals surface area contributed by atoms with Crippen molar-refractivity contribution in [2.24, 2.45) is 0 Å². The summed E-state index contributed by atoms with van der Waals surface area (Å²) in [6.45, 7) is 3.65. The largest absolute Gasteiger partial charge is 0.342 e. The highest BCUT2D eigenvalue weighted by atomic mass is 16.2. The second-order valence-corrected chi connectivity index (χ2v) is 4.58. The first-order chi connectivity index (χ1) is 8.32. The Hall–Kier alpha value is -2.10. The normalized spacial score (nSPS) is 18.2. The number of carbonyl (C=O) groups is 3. The molecule has 0 aromatic heterocycles. The summed E-state index contributed by atoms with van der Waals surface area (Å²) in [5.41, 5.74) is -1.05. The molecule has 1 aliphatic heterocycles. The third-order valence-corrected chi connectivity index (χ3v) is 2.97. The molecule has 3 amide bonds. The number of carbonyl (C=O) groups excluding carboxylic acids is 3. The van der Waals surface area contributed by atoms with E-state index in [1.807, 2.05) is 0 Å². The molecule has 1 fully saturated rings. The van der Waals surface area contributed by atoms with Gasteiger partial charge in [0.2, 0.25) is 5.91 Å². The van der Waals surface area contributed by atoms with Gasteiger partial charge in [0.15, 0.2) is 0 Å². The van der Waals surface area contributed by atoms with Crippen LogP contribution in [0.1, 0.15) is 13.8 Å². The van der Waals surface area contributed by atoms with Crippen LogP contribution in [0.25, 0.3) is 0 Å². The van der Waals surface area contributed by atoms with Crippen LogP contribution >= 0.6 is 0 Å². The van der Waals surface area contributed by atoms with Crippen LogP contribution in [0.15, 0.2) is 0 Å². The Labute approximate surface area is 105 Å². The Morgan fingerprint density at radius 3 is 2.61 bits per heavy atom. The Kier molecular flexibility index (Phi) is 3.91. The van der Waals surface area contributed by atoms with Crippen molar-refractivity contribution in [3.63, 3.8) is 0 Å². The average molecular weight is 252 g/mol. The molecule has 0 saturated carbocycles. The molecule has 1 saturated heterocycles. The number of likely N-dealkylation sites (N-methyl/N-ethyl adjacent to an activating group) is 1. The van der Waals surface area contributed by atoms with Crippen LogP contribution in [0.4, 0.5) is 0 Å². The van der Waals surface area contributed by atoms with Crippen LogP contribution < -0.4 is 5.32 Å². The van der Waals surface area contributed by atoms with Crippen LogP contribution in [-0.2, 0) is 14.4 Å². The zero-order valence-electron chi connectivity index (χ0n) is 10.7. The molecule has 1 N–H and O–H groups in total. The van der Waals surface area contributed by atoms with Crippen LogP contribution in [0.5, 0.6) is 0 Å². The van der Waals surface area contributed by atoms with E-state index in [4.69, 9.17) is 5.26 Å². The summed E-state index contributed by atoms with van der Waals surface area (Å²) in [7, 11) is 1.65. The Morgan fingerprint density at radius 1 is 1.44 bits per heavy atom. The average Bonchev–Trinajstić information content (AvgIpc) is 2.32. The van der Waals surface area contributed by atoms with Crippen molar-refractivity contribution in [1.82, 2.24) is 15.1 Å². The minimum atomic E-state index is -1.05. The zero-order valence-corrected chi connectivity index (χ0v) is 10.7. The van der Waals surface area contributed by atoms with Gasteiger partial charge in [0.25, 0.3) is 0 Å². The number of rotatable bonds is 1. The molecular weight excluding hydrogens is 236 g/mol. The highest BCUT2D eigenvalue weighted by molar-refractivity contribution is 6.35. The van der Waals surface area contributed by atoms with Crippen molar-refractivity contribution in [2.75, 3.05) is 26.7 Å². The summed E-state index contributed by atoms with van der Waals surface area (Å²) in [5, 5.41) is 10.5. The fourth-order valence-corrected chi connectivity index (χ4v) is 1.89. The van der Waals surface area contributed by atoms with Gasteiger partial charge >= 0.3 is 11.8 Å². The van der Waals surface area contributed by atoms with Gasteiger partial charge in [-0.25, -0.2) is 0 Å². The Balaban J connectivity index is 2.83. The molecule has 18 heavy (non-hydrogen) atoms. The molecule has 1 rings (SSSR count). The third kappa shape index (κ3) is 2.42. The van der Waals surface area contributed by atoms with Crippen LogP contribution in [-0.4, -0.2) is 59.7 Å². The van der Waals surface area contributed by atoms with E-state index in [2.05, 4.69) is 5.32 Å². The molecule has 0 aromatic carbocycles. The predicted molar refractivity (Wildman–Crippen MR) is 62.1 cm³/mol. The minimum absolute atomic E-state index is 0.213. The molecule has 0 atom stereocenters. The van der Waals surface area contributed by atoms with E-state index >= 15 is 0 Å². The maximum atomic E-state index is 11.9. The molecule has 0 aromatic rings. The molecule has 1 aliphatic rings. The minimum Gasteiger partial charge on any atom is -0.342 e. The molecule has 98 valence electrons. The van der Waals surface area contributed by atoms with Crippen molar-refractivity contribution in [3.05, 3.63) is 0 Å². The second kappa shape index (κ2) is 5.04. The number of nitrogens with zero attached hydrogens (tertiary/aromatic N) is 3. The van der Waals surface area contributed by atoms with Crippen molar-refractivity contribution in [1.29, 1.82) is 5.26 Å². The van der Waals surface area contributed by atoms with Gasteiger partial charge in [-0.2, -0.15) is 5.26 Å². The maximum Gasteiger partial charge on any atom is 0.312 e. The highest BCUT2D eigenvalue weighted by Gasteiger charge is 2.44. The summed E-state index contributed by atoms with van der Waals surface area (Å²) in [5.74, 6) is -1.85. The van der Waals surface area contributed by atoms with Gasteiger partial charge in [0.05, 0.1) is 6.07 Å². The molecule has 0 aliphatic carbocycles. The fraction of sp³-hybridized carbons (Fsp3) is 0.636. The molecule has 7 heteroatoms. The molecule has 0 spiro atoms. The summed E-state index contributed by atoms with van der Waals surface area (Å²) in [6, 6.07) is 1.72. The monoisotopic (exact) mass is 252 g/mol. The summed E-state index contributed by atoms with van der Waals surface area (Å²) < 4.78 is 0. The van der Waals surface area contributed by atoms with Crippen LogP contribution in [0.2, 0.25) is 0 Å². The molecular formula is C11H16N4O3. The lowest BCUT2D eigenvalue weighted by molar-refractivity contribution is -0.161. The number of amides is 3. The lowest BCUT2D eigenvalue weighted by Crippen LogP contribution is -2.65.